The number of aromatic nitrogens is 3. The number of para-hydroxylation sites is 1. The summed E-state index contributed by atoms with van der Waals surface area (Å²) in [4.78, 5) is 33.5. The largest absolute Gasteiger partial charge is 0.368 e. The zero-order chi connectivity index (χ0) is 19.1. The molecule has 1 N–H and O–H groups in total. The van der Waals surface area contributed by atoms with E-state index in [1.54, 1.807) is 12.3 Å². The molecule has 144 valence electrons. The van der Waals surface area contributed by atoms with Crippen LogP contribution >= 0.6 is 0 Å². The highest BCUT2D eigenvalue weighted by Gasteiger charge is 2.43. The number of rotatable bonds is 2. The van der Waals surface area contributed by atoms with E-state index in [9.17, 15) is 9.59 Å². The van der Waals surface area contributed by atoms with Crippen LogP contribution in [0.1, 0.15) is 24.1 Å². The van der Waals surface area contributed by atoms with Crippen molar-refractivity contribution in [3.05, 3.63) is 64.5 Å². The monoisotopic (exact) mass is 378 g/mol. The van der Waals surface area contributed by atoms with Gasteiger partial charge in [0.05, 0.1) is 12.3 Å². The third-order valence-electron chi connectivity index (χ3n) is 6.01. The number of fused-ring (bicyclic) bond motifs is 4. The molecule has 5 rings (SSSR count). The van der Waals surface area contributed by atoms with Crippen LogP contribution in [-0.2, 0) is 28.1 Å². The van der Waals surface area contributed by atoms with E-state index in [1.165, 1.54) is 27.4 Å². The smallest absolute Gasteiger partial charge is 0.347 e. The Bertz CT molecular complexity index is 1090. The second kappa shape index (κ2) is 6.60. The zero-order valence-corrected chi connectivity index (χ0v) is 15.6. The van der Waals surface area contributed by atoms with Crippen LogP contribution < -0.4 is 5.69 Å². The van der Waals surface area contributed by atoms with Crippen molar-refractivity contribution in [1.82, 2.24) is 19.4 Å². The predicted molar refractivity (Wildman–Crippen MR) is 104 cm³/mol. The molecule has 28 heavy (non-hydrogen) atoms. The van der Waals surface area contributed by atoms with Gasteiger partial charge in [0.2, 0.25) is 5.91 Å². The molecular formula is C21H22N4O3. The minimum Gasteiger partial charge on any atom is -0.368 e. The van der Waals surface area contributed by atoms with Crippen molar-refractivity contribution in [2.24, 2.45) is 0 Å². The number of nitrogens with one attached hydrogen (secondary N) is 1. The Morgan fingerprint density at radius 2 is 2.04 bits per heavy atom. The molecule has 7 heteroatoms. The van der Waals surface area contributed by atoms with E-state index < -0.39 is 5.69 Å². The van der Waals surface area contributed by atoms with Crippen molar-refractivity contribution in [2.75, 3.05) is 19.7 Å². The molecule has 1 fully saturated rings. The number of hydrogen-bond donors (Lipinski definition) is 1. The first-order chi connectivity index (χ1) is 13.7. The molecule has 1 aromatic carbocycles. The lowest BCUT2D eigenvalue weighted by atomic mass is 9.83. The van der Waals surface area contributed by atoms with Crippen LogP contribution in [0.15, 0.2) is 47.5 Å². The summed E-state index contributed by atoms with van der Waals surface area (Å²) in [6.07, 6.45) is 5.45. The third-order valence-corrected chi connectivity index (χ3v) is 6.01. The van der Waals surface area contributed by atoms with Gasteiger partial charge >= 0.3 is 5.69 Å². The highest BCUT2D eigenvalue weighted by Crippen LogP contribution is 2.43. The maximum Gasteiger partial charge on any atom is 0.347 e. The minimum absolute atomic E-state index is 0.0260. The van der Waals surface area contributed by atoms with Crippen LogP contribution in [0.3, 0.4) is 0 Å². The number of carbonyl (C=O) groups excluding carboxylic acids is 1. The van der Waals surface area contributed by atoms with Gasteiger partial charge in [0, 0.05) is 36.4 Å². The molecule has 0 aliphatic carbocycles. The average molecular weight is 378 g/mol. The molecule has 1 spiro atoms. The van der Waals surface area contributed by atoms with Crippen LogP contribution in [0.4, 0.5) is 0 Å². The zero-order valence-electron chi connectivity index (χ0n) is 15.6. The van der Waals surface area contributed by atoms with Gasteiger partial charge in [-0.05, 0) is 37.0 Å². The van der Waals surface area contributed by atoms with Gasteiger partial charge in [0.25, 0.3) is 0 Å². The Kier molecular flexibility index (Phi) is 4.05. The fourth-order valence-corrected chi connectivity index (χ4v) is 4.53. The molecule has 7 nitrogen and oxygen atoms in total. The van der Waals surface area contributed by atoms with E-state index in [0.717, 1.165) is 24.8 Å². The summed E-state index contributed by atoms with van der Waals surface area (Å²) in [7, 11) is 0. The molecule has 3 aromatic rings. The van der Waals surface area contributed by atoms with Crippen LogP contribution in [0.2, 0.25) is 0 Å². The summed E-state index contributed by atoms with van der Waals surface area (Å²) in [5, 5.41) is 1.27. The van der Waals surface area contributed by atoms with Crippen molar-refractivity contribution in [3.8, 4) is 0 Å². The maximum absolute atomic E-state index is 12.7. The topological polar surface area (TPSA) is 80.2 Å². The number of piperidine rings is 1. The van der Waals surface area contributed by atoms with Gasteiger partial charge in [-0.2, -0.15) is 0 Å². The molecule has 0 radical (unpaired) electrons. The van der Waals surface area contributed by atoms with E-state index in [0.29, 0.717) is 19.7 Å². The lowest BCUT2D eigenvalue weighted by Gasteiger charge is -2.43. The highest BCUT2D eigenvalue weighted by molar-refractivity contribution is 5.85. The number of hydrogen-bond acceptors (Lipinski definition) is 4. The normalized spacial score (nSPS) is 18.4. The van der Waals surface area contributed by atoms with Crippen LogP contribution in [0.5, 0.6) is 0 Å². The summed E-state index contributed by atoms with van der Waals surface area (Å²) in [5.41, 5.74) is 2.92. The van der Waals surface area contributed by atoms with Crippen LogP contribution in [-0.4, -0.2) is 45.0 Å². The quantitative estimate of drug-likeness (QED) is 0.738. The van der Waals surface area contributed by atoms with Crippen LogP contribution in [0.25, 0.3) is 10.9 Å². The van der Waals surface area contributed by atoms with E-state index in [2.05, 4.69) is 28.2 Å². The summed E-state index contributed by atoms with van der Waals surface area (Å²) in [6.45, 7) is 1.96. The standard InChI is InChI=1S/C21H22N4O3/c26-18(14-25-10-3-9-22-20(25)27)24-11-7-21(8-12-24)19-16(6-13-28-21)15-4-1-2-5-17(15)23-19/h1-5,9-10,23H,6-8,11-14H2. The minimum atomic E-state index is -0.400. The Hall–Kier alpha value is -2.93. The first kappa shape index (κ1) is 17.2. The number of nitrogens with zero attached hydrogens (tertiary/aromatic N) is 3. The summed E-state index contributed by atoms with van der Waals surface area (Å²) in [5.74, 6) is -0.0578. The molecule has 2 aromatic heterocycles. The summed E-state index contributed by atoms with van der Waals surface area (Å²) < 4.78 is 7.64. The first-order valence-electron chi connectivity index (χ1n) is 9.70. The maximum atomic E-state index is 12.7. The SMILES string of the molecule is O=C(Cn1cccnc1=O)N1CCC2(CC1)OCCc1c2[nH]c2ccccc12. The van der Waals surface area contributed by atoms with E-state index in [4.69, 9.17) is 4.74 Å². The van der Waals surface area contributed by atoms with Gasteiger partial charge in [-0.25, -0.2) is 9.78 Å². The van der Waals surface area contributed by atoms with Gasteiger partial charge < -0.3 is 14.6 Å². The number of H-pyrrole nitrogens is 1. The second-order valence-electron chi connectivity index (χ2n) is 7.53. The average Bonchev–Trinajstić information content (AvgIpc) is 3.11. The second-order valence-corrected chi connectivity index (χ2v) is 7.53. The van der Waals surface area contributed by atoms with E-state index in [-0.39, 0.29) is 18.1 Å². The van der Waals surface area contributed by atoms with Crippen molar-refractivity contribution in [3.63, 3.8) is 0 Å². The van der Waals surface area contributed by atoms with Gasteiger partial charge in [-0.15, -0.1) is 0 Å². The Balaban J connectivity index is 1.36. The first-order valence-corrected chi connectivity index (χ1v) is 9.70. The molecule has 0 unspecified atom stereocenters. The molecule has 0 atom stereocenters. The summed E-state index contributed by atoms with van der Waals surface area (Å²) >= 11 is 0. The van der Waals surface area contributed by atoms with Crippen molar-refractivity contribution in [2.45, 2.75) is 31.4 Å². The van der Waals surface area contributed by atoms with Crippen molar-refractivity contribution >= 4 is 16.8 Å². The van der Waals surface area contributed by atoms with Gasteiger partial charge in [-0.3, -0.25) is 9.36 Å². The molecule has 2 aliphatic rings. The molecule has 4 heterocycles. The van der Waals surface area contributed by atoms with Gasteiger partial charge in [-0.1, -0.05) is 18.2 Å². The predicted octanol–water partition coefficient (Wildman–Crippen LogP) is 1.82. The van der Waals surface area contributed by atoms with E-state index >= 15 is 0 Å². The fourth-order valence-electron chi connectivity index (χ4n) is 4.53. The number of likely N-dealkylation sites (tertiary alicyclic amines) is 1. The molecule has 0 saturated carbocycles. The Labute approximate surface area is 161 Å². The lowest BCUT2D eigenvalue weighted by Crippen LogP contribution is -2.49. The number of carbonyl (C=O) groups is 1. The van der Waals surface area contributed by atoms with Crippen molar-refractivity contribution < 1.29 is 9.53 Å². The fraction of sp³-hybridized carbons (Fsp3) is 0.381. The lowest BCUT2D eigenvalue weighted by molar-refractivity contribution is -0.141. The molecular weight excluding hydrogens is 356 g/mol. The number of benzene rings is 1. The summed E-state index contributed by atoms with van der Waals surface area (Å²) in [6, 6.07) is 10.0. The van der Waals surface area contributed by atoms with Gasteiger partial charge in [0.1, 0.15) is 12.1 Å². The number of aromatic amines is 1. The molecule has 2 aliphatic heterocycles. The Morgan fingerprint density at radius 3 is 2.86 bits per heavy atom. The molecule has 0 bridgehead atoms. The molecule has 1 saturated heterocycles. The third kappa shape index (κ3) is 2.74. The van der Waals surface area contributed by atoms with E-state index in [1.807, 2.05) is 11.0 Å². The Morgan fingerprint density at radius 1 is 1.21 bits per heavy atom. The van der Waals surface area contributed by atoms with Crippen LogP contribution in [0, 0.1) is 0 Å². The number of ether oxygens (including phenoxy) is 1. The number of amides is 1. The molecule has 1 amide bonds. The van der Waals surface area contributed by atoms with Crippen molar-refractivity contribution in [1.29, 1.82) is 0 Å². The van der Waals surface area contributed by atoms with Gasteiger partial charge in [0.15, 0.2) is 0 Å². The highest BCUT2D eigenvalue weighted by atomic mass is 16.5.